The first kappa shape index (κ1) is 14.0. The fraction of sp³-hybridized carbons (Fsp3) is 0.167. The number of nitrogens with two attached hydrogens (primary N) is 1. The van der Waals surface area contributed by atoms with Gasteiger partial charge in [-0.05, 0) is 39.0 Å². The summed E-state index contributed by atoms with van der Waals surface area (Å²) in [6.45, 7) is 0.685. The first-order valence-corrected chi connectivity index (χ1v) is 7.75. The zero-order valence-corrected chi connectivity index (χ0v) is 13.5. The lowest BCUT2D eigenvalue weighted by atomic mass is 10.3. The highest BCUT2D eigenvalue weighted by molar-refractivity contribution is 9.11. The zero-order chi connectivity index (χ0) is 14.8. The molecule has 0 saturated carbocycles. The predicted molar refractivity (Wildman–Crippen MR) is 85.5 cm³/mol. The third-order valence-electron chi connectivity index (χ3n) is 2.72. The second-order valence-corrected chi connectivity index (χ2v) is 6.65. The summed E-state index contributed by atoms with van der Waals surface area (Å²) in [5.74, 6) is 1.08. The number of nitrogens with zero attached hydrogens (tertiary/aromatic N) is 6. The minimum atomic E-state index is 0.170. The first-order valence-electron chi connectivity index (χ1n) is 6.07. The monoisotopic (exact) mass is 365 g/mol. The maximum absolute atomic E-state index is 5.77. The summed E-state index contributed by atoms with van der Waals surface area (Å²) < 4.78 is 2.65. The number of nitrogen functional groups attached to an aromatic ring is 1. The van der Waals surface area contributed by atoms with Crippen LogP contribution in [0.5, 0.6) is 0 Å². The lowest BCUT2D eigenvalue weighted by Gasteiger charge is -2.16. The van der Waals surface area contributed by atoms with E-state index in [0.717, 1.165) is 3.79 Å². The van der Waals surface area contributed by atoms with Crippen molar-refractivity contribution >= 4 is 39.2 Å². The minimum Gasteiger partial charge on any atom is -0.368 e. The normalized spacial score (nSPS) is 10.8. The maximum Gasteiger partial charge on any atom is 0.257 e. The number of aromatic nitrogens is 5. The predicted octanol–water partition coefficient (Wildman–Crippen LogP) is 2.10. The van der Waals surface area contributed by atoms with Gasteiger partial charge in [-0.15, -0.1) is 11.3 Å². The van der Waals surface area contributed by atoms with E-state index in [1.54, 1.807) is 34.5 Å². The smallest absolute Gasteiger partial charge is 0.257 e. The zero-order valence-electron chi connectivity index (χ0n) is 11.1. The lowest BCUT2D eigenvalue weighted by Crippen LogP contribution is -2.21. The molecule has 0 aliphatic rings. The van der Waals surface area contributed by atoms with Crippen molar-refractivity contribution in [3.8, 4) is 5.95 Å². The number of hydrogen-bond acceptors (Lipinski definition) is 7. The third-order valence-corrected chi connectivity index (χ3v) is 4.27. The molecule has 0 aromatic carbocycles. The van der Waals surface area contributed by atoms with Crippen molar-refractivity contribution in [1.82, 2.24) is 24.7 Å². The van der Waals surface area contributed by atoms with Gasteiger partial charge in [0, 0.05) is 26.0 Å². The molecule has 21 heavy (non-hydrogen) atoms. The molecule has 3 aromatic rings. The Labute approximate surface area is 133 Å². The van der Waals surface area contributed by atoms with Crippen LogP contribution in [0.4, 0.5) is 11.9 Å². The van der Waals surface area contributed by atoms with E-state index in [1.165, 1.54) is 5.56 Å². The molecule has 0 saturated heterocycles. The quantitative estimate of drug-likeness (QED) is 0.761. The number of hydrogen-bond donors (Lipinski definition) is 1. The van der Waals surface area contributed by atoms with Gasteiger partial charge in [0.25, 0.3) is 5.95 Å². The van der Waals surface area contributed by atoms with Gasteiger partial charge >= 0.3 is 0 Å². The van der Waals surface area contributed by atoms with E-state index in [2.05, 4.69) is 47.4 Å². The molecule has 0 unspecified atom stereocenters. The van der Waals surface area contributed by atoms with Gasteiger partial charge in [0.15, 0.2) is 0 Å². The molecule has 0 atom stereocenters. The number of rotatable bonds is 4. The SMILES string of the molecule is CN(Cc1csc(Br)c1)c1nc(N)nc(-n2cccn2)n1. The average molecular weight is 366 g/mol. The molecule has 0 aliphatic heterocycles. The van der Waals surface area contributed by atoms with Crippen LogP contribution in [0.1, 0.15) is 5.56 Å². The summed E-state index contributed by atoms with van der Waals surface area (Å²) in [6.07, 6.45) is 3.42. The Bertz CT molecular complexity index is 740. The van der Waals surface area contributed by atoms with Crippen LogP contribution in [0.3, 0.4) is 0 Å². The maximum atomic E-state index is 5.77. The van der Waals surface area contributed by atoms with Crippen LogP contribution >= 0.6 is 27.3 Å². The van der Waals surface area contributed by atoms with Gasteiger partial charge in [-0.2, -0.15) is 20.1 Å². The average Bonchev–Trinajstić information content (AvgIpc) is 3.10. The van der Waals surface area contributed by atoms with Crippen molar-refractivity contribution < 1.29 is 0 Å². The van der Waals surface area contributed by atoms with E-state index in [-0.39, 0.29) is 5.95 Å². The summed E-state index contributed by atoms with van der Waals surface area (Å²) in [5, 5.41) is 6.18. The van der Waals surface area contributed by atoms with Crippen LogP contribution in [0.15, 0.2) is 33.7 Å². The van der Waals surface area contributed by atoms with Crippen LogP contribution in [0.25, 0.3) is 5.95 Å². The molecule has 2 N–H and O–H groups in total. The molecule has 0 amide bonds. The Hall–Kier alpha value is -2.00. The number of halogens is 1. The van der Waals surface area contributed by atoms with E-state index in [4.69, 9.17) is 5.73 Å². The van der Waals surface area contributed by atoms with Crippen molar-refractivity contribution in [2.45, 2.75) is 6.54 Å². The molecule has 0 aliphatic carbocycles. The van der Waals surface area contributed by atoms with Gasteiger partial charge in [-0.3, -0.25) is 0 Å². The third kappa shape index (κ3) is 3.19. The van der Waals surface area contributed by atoms with Crippen molar-refractivity contribution in [1.29, 1.82) is 0 Å². The van der Waals surface area contributed by atoms with Gasteiger partial charge in [-0.25, -0.2) is 4.68 Å². The Balaban J connectivity index is 1.87. The second-order valence-electron chi connectivity index (χ2n) is 4.36. The van der Waals surface area contributed by atoms with Gasteiger partial charge in [-0.1, -0.05) is 0 Å². The molecule has 3 rings (SSSR count). The topological polar surface area (TPSA) is 85.8 Å². The molecule has 3 aromatic heterocycles. The first-order chi connectivity index (χ1) is 10.1. The van der Waals surface area contributed by atoms with Crippen molar-refractivity contribution in [2.75, 3.05) is 17.7 Å². The highest BCUT2D eigenvalue weighted by Gasteiger charge is 2.11. The Kier molecular flexibility index (Phi) is 3.84. The Morgan fingerprint density at radius 1 is 1.38 bits per heavy atom. The highest BCUT2D eigenvalue weighted by atomic mass is 79.9. The summed E-state index contributed by atoms with van der Waals surface area (Å²) in [6, 6.07) is 3.87. The molecular weight excluding hydrogens is 354 g/mol. The van der Waals surface area contributed by atoms with Crippen LogP contribution in [-0.4, -0.2) is 31.8 Å². The van der Waals surface area contributed by atoms with Gasteiger partial charge in [0.05, 0.1) is 3.79 Å². The van der Waals surface area contributed by atoms with Crippen LogP contribution < -0.4 is 10.6 Å². The van der Waals surface area contributed by atoms with E-state index in [1.807, 2.05) is 11.9 Å². The van der Waals surface area contributed by atoms with E-state index < -0.39 is 0 Å². The molecule has 9 heteroatoms. The standard InChI is InChI=1S/C12H12BrN7S/c1-19(6-8-5-9(13)21-7-8)11-16-10(14)17-12(18-11)20-4-2-3-15-20/h2-5,7H,6H2,1H3,(H2,14,16,17,18). The summed E-state index contributed by atoms with van der Waals surface area (Å²) in [5.41, 5.74) is 6.94. The molecule has 108 valence electrons. The molecule has 0 bridgehead atoms. The fourth-order valence-corrected chi connectivity index (χ4v) is 3.00. The molecule has 0 spiro atoms. The Morgan fingerprint density at radius 3 is 2.90 bits per heavy atom. The molecule has 0 fully saturated rings. The van der Waals surface area contributed by atoms with Gasteiger partial charge in [0.2, 0.25) is 11.9 Å². The molecule has 3 heterocycles. The van der Waals surface area contributed by atoms with E-state index in [9.17, 15) is 0 Å². The van der Waals surface area contributed by atoms with Crippen molar-refractivity contribution in [3.63, 3.8) is 0 Å². The van der Waals surface area contributed by atoms with E-state index in [0.29, 0.717) is 18.4 Å². The lowest BCUT2D eigenvalue weighted by molar-refractivity contribution is 0.777. The fourth-order valence-electron chi connectivity index (χ4n) is 1.80. The minimum absolute atomic E-state index is 0.170. The number of anilines is 2. The van der Waals surface area contributed by atoms with Crippen LogP contribution in [0, 0.1) is 0 Å². The van der Waals surface area contributed by atoms with Gasteiger partial charge in [0.1, 0.15) is 0 Å². The van der Waals surface area contributed by atoms with Gasteiger partial charge < -0.3 is 10.6 Å². The van der Waals surface area contributed by atoms with Crippen molar-refractivity contribution in [3.05, 3.63) is 39.3 Å². The van der Waals surface area contributed by atoms with Crippen LogP contribution in [-0.2, 0) is 6.54 Å². The summed E-state index contributed by atoms with van der Waals surface area (Å²) >= 11 is 5.10. The highest BCUT2D eigenvalue weighted by Crippen LogP contribution is 2.22. The second kappa shape index (κ2) is 5.78. The summed E-state index contributed by atoms with van der Waals surface area (Å²) in [4.78, 5) is 14.6. The summed E-state index contributed by atoms with van der Waals surface area (Å²) in [7, 11) is 1.91. The molecular formula is C12H12BrN7S. The molecule has 0 radical (unpaired) electrons. The largest absolute Gasteiger partial charge is 0.368 e. The van der Waals surface area contributed by atoms with Crippen molar-refractivity contribution in [2.24, 2.45) is 0 Å². The molecule has 7 nitrogen and oxygen atoms in total. The number of thiophene rings is 1. The Morgan fingerprint density at radius 2 is 2.24 bits per heavy atom. The van der Waals surface area contributed by atoms with E-state index >= 15 is 0 Å². The van der Waals surface area contributed by atoms with Crippen LogP contribution in [0.2, 0.25) is 0 Å².